The first-order valence-corrected chi connectivity index (χ1v) is 9.33. The van der Waals surface area contributed by atoms with Crippen LogP contribution < -0.4 is 15.1 Å². The van der Waals surface area contributed by atoms with Crippen LogP contribution in [0.25, 0.3) is 0 Å². The molecular weight excluding hydrogens is 343 g/mol. The number of urea groups is 1. The van der Waals surface area contributed by atoms with Gasteiger partial charge >= 0.3 is 6.03 Å². The minimum atomic E-state index is -0.222. The quantitative estimate of drug-likeness (QED) is 0.880. The third-order valence-electron chi connectivity index (χ3n) is 4.93. The number of hydrogen-bond donors (Lipinski definition) is 1. The SMILES string of the molecule is CN(C)c1ccc(N2CCN(C(=O)NCCc3ccccc3F)CC2)cc1. The topological polar surface area (TPSA) is 38.8 Å². The molecule has 0 saturated carbocycles. The molecule has 1 saturated heterocycles. The van der Waals surface area contributed by atoms with Gasteiger partial charge < -0.3 is 20.0 Å². The number of anilines is 2. The highest BCUT2D eigenvalue weighted by Crippen LogP contribution is 2.20. The summed E-state index contributed by atoms with van der Waals surface area (Å²) in [5, 5.41) is 2.90. The van der Waals surface area contributed by atoms with E-state index in [1.54, 1.807) is 12.1 Å². The average molecular weight is 370 g/mol. The van der Waals surface area contributed by atoms with E-state index in [-0.39, 0.29) is 11.8 Å². The standard InChI is InChI=1S/C21H27FN4O/c1-24(2)18-7-9-19(10-8-18)25-13-15-26(16-14-25)21(27)23-12-11-17-5-3-4-6-20(17)22/h3-10H,11-16H2,1-2H3,(H,23,27). The molecule has 5 nitrogen and oxygen atoms in total. The summed E-state index contributed by atoms with van der Waals surface area (Å²) in [7, 11) is 4.05. The van der Waals surface area contributed by atoms with Gasteiger partial charge in [-0.2, -0.15) is 0 Å². The highest BCUT2D eigenvalue weighted by Gasteiger charge is 2.21. The number of halogens is 1. The molecule has 6 heteroatoms. The summed E-state index contributed by atoms with van der Waals surface area (Å²) in [5.74, 6) is -0.222. The summed E-state index contributed by atoms with van der Waals surface area (Å²) < 4.78 is 13.6. The number of nitrogens with zero attached hydrogens (tertiary/aromatic N) is 3. The molecule has 2 amide bonds. The fourth-order valence-electron chi connectivity index (χ4n) is 3.25. The van der Waals surface area contributed by atoms with Crippen LogP contribution in [0, 0.1) is 5.82 Å². The minimum Gasteiger partial charge on any atom is -0.378 e. The van der Waals surface area contributed by atoms with Crippen LogP contribution in [0.15, 0.2) is 48.5 Å². The maximum atomic E-state index is 13.6. The predicted molar refractivity (Wildman–Crippen MR) is 108 cm³/mol. The van der Waals surface area contributed by atoms with Gasteiger partial charge in [0.2, 0.25) is 0 Å². The van der Waals surface area contributed by atoms with Crippen LogP contribution in [0.3, 0.4) is 0 Å². The second kappa shape index (κ2) is 8.75. The lowest BCUT2D eigenvalue weighted by Gasteiger charge is -2.36. The maximum Gasteiger partial charge on any atom is 0.317 e. The first kappa shape index (κ1) is 19.0. The molecular formula is C21H27FN4O. The van der Waals surface area contributed by atoms with E-state index in [2.05, 4.69) is 39.4 Å². The van der Waals surface area contributed by atoms with Crippen LogP contribution in [0.2, 0.25) is 0 Å². The fourth-order valence-corrected chi connectivity index (χ4v) is 3.25. The number of hydrogen-bond acceptors (Lipinski definition) is 3. The smallest absolute Gasteiger partial charge is 0.317 e. The molecule has 1 heterocycles. The highest BCUT2D eigenvalue weighted by molar-refractivity contribution is 5.74. The van der Waals surface area contributed by atoms with E-state index in [0.717, 1.165) is 13.1 Å². The molecule has 0 unspecified atom stereocenters. The van der Waals surface area contributed by atoms with E-state index in [1.165, 1.54) is 17.4 Å². The van der Waals surface area contributed by atoms with Crippen LogP contribution in [-0.4, -0.2) is 57.8 Å². The van der Waals surface area contributed by atoms with E-state index in [9.17, 15) is 9.18 Å². The van der Waals surface area contributed by atoms with Crippen molar-refractivity contribution in [3.8, 4) is 0 Å². The van der Waals surface area contributed by atoms with Gasteiger partial charge in [-0.3, -0.25) is 0 Å². The van der Waals surface area contributed by atoms with Crippen molar-refractivity contribution in [2.45, 2.75) is 6.42 Å². The lowest BCUT2D eigenvalue weighted by Crippen LogP contribution is -2.52. The molecule has 1 aliphatic rings. The number of nitrogens with one attached hydrogen (secondary N) is 1. The third-order valence-corrected chi connectivity index (χ3v) is 4.93. The van der Waals surface area contributed by atoms with Crippen LogP contribution >= 0.6 is 0 Å². The van der Waals surface area contributed by atoms with Crippen molar-refractivity contribution in [2.75, 3.05) is 56.6 Å². The molecule has 0 aliphatic carbocycles. The van der Waals surface area contributed by atoms with Crippen LogP contribution in [0.5, 0.6) is 0 Å². The van der Waals surface area contributed by atoms with Crippen molar-refractivity contribution in [3.63, 3.8) is 0 Å². The van der Waals surface area contributed by atoms with Crippen LogP contribution in [0.4, 0.5) is 20.6 Å². The van der Waals surface area contributed by atoms with Crippen molar-refractivity contribution in [3.05, 3.63) is 59.9 Å². The molecule has 1 fully saturated rings. The Balaban J connectivity index is 1.44. The second-order valence-corrected chi connectivity index (χ2v) is 6.96. The Hall–Kier alpha value is -2.76. The van der Waals surface area contributed by atoms with Crippen molar-refractivity contribution in [2.24, 2.45) is 0 Å². The second-order valence-electron chi connectivity index (χ2n) is 6.96. The van der Waals surface area contributed by atoms with Gasteiger partial charge in [-0.15, -0.1) is 0 Å². The number of carbonyl (C=O) groups is 1. The first-order valence-electron chi connectivity index (χ1n) is 9.33. The summed E-state index contributed by atoms with van der Waals surface area (Å²) >= 11 is 0. The van der Waals surface area contributed by atoms with Crippen molar-refractivity contribution < 1.29 is 9.18 Å². The van der Waals surface area contributed by atoms with Gasteiger partial charge in [0.1, 0.15) is 5.82 Å². The van der Waals surface area contributed by atoms with E-state index in [1.807, 2.05) is 25.1 Å². The summed E-state index contributed by atoms with van der Waals surface area (Å²) in [5.41, 5.74) is 2.98. The van der Waals surface area contributed by atoms with Crippen molar-refractivity contribution >= 4 is 17.4 Å². The zero-order chi connectivity index (χ0) is 19.2. The lowest BCUT2D eigenvalue weighted by atomic mass is 10.1. The Morgan fingerprint density at radius 2 is 1.70 bits per heavy atom. The normalized spacial score (nSPS) is 14.2. The van der Waals surface area contributed by atoms with Crippen LogP contribution in [0.1, 0.15) is 5.56 Å². The fraction of sp³-hybridized carbons (Fsp3) is 0.381. The zero-order valence-electron chi connectivity index (χ0n) is 16.0. The van der Waals surface area contributed by atoms with E-state index in [4.69, 9.17) is 0 Å². The molecule has 0 atom stereocenters. The molecule has 2 aromatic rings. The Bertz CT molecular complexity index is 755. The van der Waals surface area contributed by atoms with Gasteiger partial charge in [-0.25, -0.2) is 9.18 Å². The minimum absolute atomic E-state index is 0.0751. The monoisotopic (exact) mass is 370 g/mol. The summed E-state index contributed by atoms with van der Waals surface area (Å²) in [4.78, 5) is 18.5. The molecule has 0 radical (unpaired) electrons. The number of piperazine rings is 1. The van der Waals surface area contributed by atoms with Gasteiger partial charge in [-0.05, 0) is 42.3 Å². The number of benzene rings is 2. The third kappa shape index (κ3) is 4.90. The van der Waals surface area contributed by atoms with Crippen LogP contribution in [-0.2, 0) is 6.42 Å². The Kier molecular flexibility index (Phi) is 6.16. The average Bonchev–Trinajstić information content (AvgIpc) is 2.69. The number of carbonyl (C=O) groups excluding carboxylic acids is 1. The number of rotatable bonds is 5. The van der Waals surface area contributed by atoms with Gasteiger partial charge in [-0.1, -0.05) is 18.2 Å². The van der Waals surface area contributed by atoms with E-state index < -0.39 is 0 Å². The van der Waals surface area contributed by atoms with Gasteiger partial charge in [0.15, 0.2) is 0 Å². The van der Waals surface area contributed by atoms with Crippen molar-refractivity contribution in [1.82, 2.24) is 10.2 Å². The number of amides is 2. The first-order chi connectivity index (χ1) is 13.0. The Morgan fingerprint density at radius 3 is 2.33 bits per heavy atom. The molecule has 144 valence electrons. The molecule has 27 heavy (non-hydrogen) atoms. The van der Waals surface area contributed by atoms with Gasteiger partial charge in [0, 0.05) is 58.2 Å². The van der Waals surface area contributed by atoms with Crippen molar-refractivity contribution in [1.29, 1.82) is 0 Å². The van der Waals surface area contributed by atoms with Gasteiger partial charge in [0.05, 0.1) is 0 Å². The van der Waals surface area contributed by atoms with E-state index >= 15 is 0 Å². The predicted octanol–water partition coefficient (Wildman–Crippen LogP) is 2.97. The molecule has 2 aromatic carbocycles. The summed E-state index contributed by atoms with van der Waals surface area (Å²) in [6.07, 6.45) is 0.497. The van der Waals surface area contributed by atoms with Gasteiger partial charge in [0.25, 0.3) is 0 Å². The molecule has 0 spiro atoms. The molecule has 0 aromatic heterocycles. The highest BCUT2D eigenvalue weighted by atomic mass is 19.1. The maximum absolute atomic E-state index is 13.6. The lowest BCUT2D eigenvalue weighted by molar-refractivity contribution is 0.194. The summed E-state index contributed by atoms with van der Waals surface area (Å²) in [6.45, 7) is 3.41. The molecule has 1 aliphatic heterocycles. The molecule has 0 bridgehead atoms. The molecule has 1 N–H and O–H groups in total. The zero-order valence-corrected chi connectivity index (χ0v) is 16.0. The molecule has 3 rings (SSSR count). The Labute approximate surface area is 160 Å². The Morgan fingerprint density at radius 1 is 1.04 bits per heavy atom. The van der Waals surface area contributed by atoms with E-state index in [0.29, 0.717) is 31.6 Å². The summed E-state index contributed by atoms with van der Waals surface area (Å²) in [6, 6.07) is 15.1. The largest absolute Gasteiger partial charge is 0.378 e.